The van der Waals surface area contributed by atoms with Gasteiger partial charge in [0.2, 0.25) is 0 Å². The van der Waals surface area contributed by atoms with Crippen LogP contribution in [0.4, 0.5) is 0 Å². The summed E-state index contributed by atoms with van der Waals surface area (Å²) in [7, 11) is -4.64. The molecule has 0 aromatic rings. The lowest BCUT2D eigenvalue weighted by Crippen LogP contribution is -2.23. The van der Waals surface area contributed by atoms with Crippen LogP contribution in [0.2, 0.25) is 0 Å². The number of aliphatic hydroxyl groups is 1. The second kappa shape index (κ2) is 21.8. The number of phosphoric acid groups is 1. The highest BCUT2D eigenvalue weighted by Gasteiger charge is 2.17. The molecule has 0 saturated carbocycles. The fourth-order valence-electron chi connectivity index (χ4n) is 2.33. The number of carbonyl (C=O) groups excluding carboxylic acids is 1. The van der Waals surface area contributed by atoms with Crippen molar-refractivity contribution < 1.29 is 33.5 Å². The Bertz CT molecular complexity index is 714. The molecule has 0 bridgehead atoms. The van der Waals surface area contributed by atoms with E-state index in [9.17, 15) is 14.5 Å². The maximum atomic E-state index is 11.5. The molecule has 0 spiro atoms. The van der Waals surface area contributed by atoms with Crippen LogP contribution < -0.4 is 0 Å². The zero-order valence-corrected chi connectivity index (χ0v) is 20.4. The van der Waals surface area contributed by atoms with E-state index >= 15 is 0 Å². The van der Waals surface area contributed by atoms with E-state index in [2.05, 4.69) is 72.2 Å². The lowest BCUT2D eigenvalue weighted by Gasteiger charge is -2.11. The highest BCUT2D eigenvalue weighted by atomic mass is 31.2. The molecule has 0 aliphatic carbocycles. The summed E-state index contributed by atoms with van der Waals surface area (Å²) < 4.78 is 19.4. The molecule has 0 amide bonds. The molecule has 0 aromatic heterocycles. The summed E-state index contributed by atoms with van der Waals surface area (Å²) in [5.74, 6) is -0.496. The second-order valence-corrected chi connectivity index (χ2v) is 8.32. The summed E-state index contributed by atoms with van der Waals surface area (Å²) in [5, 5.41) is 9.42. The molecular formula is C25H39O7P. The molecule has 0 radical (unpaired) electrons. The summed E-state index contributed by atoms with van der Waals surface area (Å²) in [5.41, 5.74) is 0. The van der Waals surface area contributed by atoms with Gasteiger partial charge in [0.15, 0.2) is 0 Å². The Morgan fingerprint density at radius 3 is 1.61 bits per heavy atom. The SMILES string of the molecule is CC/C=C\C/C=C\C/C=C\C/C=C/C/C=C/C/C=C\CCC(=O)OC[C@@H](O)COP(=O)(O)O. The molecular weight excluding hydrogens is 443 g/mol. The van der Waals surface area contributed by atoms with Gasteiger partial charge < -0.3 is 19.6 Å². The van der Waals surface area contributed by atoms with Crippen LogP contribution in [0.3, 0.4) is 0 Å². The first-order valence-electron chi connectivity index (χ1n) is 11.3. The van der Waals surface area contributed by atoms with Crippen molar-refractivity contribution in [1.29, 1.82) is 0 Å². The molecule has 8 heteroatoms. The Kier molecular flexibility index (Phi) is 20.5. The third-order valence-electron chi connectivity index (χ3n) is 3.98. The van der Waals surface area contributed by atoms with Crippen LogP contribution in [0.15, 0.2) is 72.9 Å². The van der Waals surface area contributed by atoms with Crippen molar-refractivity contribution in [2.24, 2.45) is 0 Å². The molecule has 3 N–H and O–H groups in total. The number of carbonyl (C=O) groups is 1. The highest BCUT2D eigenvalue weighted by molar-refractivity contribution is 7.46. The van der Waals surface area contributed by atoms with Crippen LogP contribution in [-0.2, 0) is 18.6 Å². The van der Waals surface area contributed by atoms with E-state index in [1.54, 1.807) is 0 Å². The van der Waals surface area contributed by atoms with Crippen molar-refractivity contribution >= 4 is 13.8 Å². The number of allylic oxidation sites excluding steroid dienone is 12. The maximum absolute atomic E-state index is 11.5. The monoisotopic (exact) mass is 482 g/mol. The Morgan fingerprint density at radius 2 is 1.18 bits per heavy atom. The van der Waals surface area contributed by atoms with Crippen molar-refractivity contribution in [3.05, 3.63) is 72.9 Å². The summed E-state index contributed by atoms with van der Waals surface area (Å²) in [6.45, 7) is 1.15. The third kappa shape index (κ3) is 26.1. The van der Waals surface area contributed by atoms with Gasteiger partial charge in [-0.25, -0.2) is 4.57 Å². The smallest absolute Gasteiger partial charge is 0.463 e. The van der Waals surface area contributed by atoms with Gasteiger partial charge in [-0.05, 0) is 44.9 Å². The average Bonchev–Trinajstić information content (AvgIpc) is 2.77. The number of aliphatic hydroxyl groups excluding tert-OH is 1. The van der Waals surface area contributed by atoms with Crippen molar-refractivity contribution in [3.63, 3.8) is 0 Å². The van der Waals surface area contributed by atoms with Crippen LogP contribution in [0.25, 0.3) is 0 Å². The van der Waals surface area contributed by atoms with Gasteiger partial charge in [-0.1, -0.05) is 79.8 Å². The van der Waals surface area contributed by atoms with Crippen molar-refractivity contribution in [2.45, 2.75) is 64.4 Å². The Morgan fingerprint density at radius 1 is 0.758 bits per heavy atom. The van der Waals surface area contributed by atoms with Crippen molar-refractivity contribution in [2.75, 3.05) is 13.2 Å². The molecule has 7 nitrogen and oxygen atoms in total. The van der Waals surface area contributed by atoms with Gasteiger partial charge in [0, 0.05) is 6.42 Å². The van der Waals surface area contributed by atoms with Gasteiger partial charge in [-0.2, -0.15) is 0 Å². The zero-order valence-electron chi connectivity index (χ0n) is 19.5. The van der Waals surface area contributed by atoms with Crippen molar-refractivity contribution in [3.8, 4) is 0 Å². The largest absolute Gasteiger partial charge is 0.469 e. The number of phosphoric ester groups is 1. The first kappa shape index (κ1) is 31.0. The van der Waals surface area contributed by atoms with E-state index in [4.69, 9.17) is 14.5 Å². The molecule has 0 unspecified atom stereocenters. The molecule has 33 heavy (non-hydrogen) atoms. The predicted octanol–water partition coefficient (Wildman–Crippen LogP) is 5.48. The Hall–Kier alpha value is -2.02. The highest BCUT2D eigenvalue weighted by Crippen LogP contribution is 2.35. The summed E-state index contributed by atoms with van der Waals surface area (Å²) in [4.78, 5) is 28.6. The van der Waals surface area contributed by atoms with Crippen molar-refractivity contribution in [1.82, 2.24) is 0 Å². The molecule has 0 aliphatic rings. The van der Waals surface area contributed by atoms with Gasteiger partial charge in [0.05, 0.1) is 6.61 Å². The fraction of sp³-hybridized carbons (Fsp3) is 0.480. The molecule has 1 atom stereocenters. The molecule has 0 aromatic carbocycles. The standard InChI is InChI=1S/C25H39O7P/c1-2-3-4-5-6-7-8-9-10-11-12-13-14-15-16-17-18-19-20-21-25(27)31-22-24(26)23-32-33(28,29)30/h3-4,6-7,9-10,12-13,15-16,18-19,24,26H,2,5,8,11,14,17,20-23H2,1H3,(H2,28,29,30)/b4-3-,7-6-,10-9-,13-12+,16-15+,19-18-/t24-/m1/s1. The molecule has 0 fully saturated rings. The minimum atomic E-state index is -4.64. The zero-order chi connectivity index (χ0) is 24.6. The van der Waals surface area contributed by atoms with Gasteiger partial charge >= 0.3 is 13.8 Å². The van der Waals surface area contributed by atoms with E-state index < -0.39 is 26.5 Å². The predicted molar refractivity (Wildman–Crippen MR) is 132 cm³/mol. The van der Waals surface area contributed by atoms with Crippen LogP contribution in [0.1, 0.15) is 58.3 Å². The van der Waals surface area contributed by atoms with Crippen LogP contribution in [0, 0.1) is 0 Å². The molecule has 0 saturated heterocycles. The summed E-state index contributed by atoms with van der Waals surface area (Å²) in [6, 6.07) is 0. The number of hydrogen-bond acceptors (Lipinski definition) is 5. The maximum Gasteiger partial charge on any atom is 0.469 e. The Labute approximate surface area is 198 Å². The molecule has 0 aliphatic heterocycles. The number of ether oxygens (including phenoxy) is 1. The fourth-order valence-corrected chi connectivity index (χ4v) is 2.70. The minimum Gasteiger partial charge on any atom is -0.463 e. The molecule has 0 heterocycles. The quantitative estimate of drug-likeness (QED) is 0.127. The first-order valence-corrected chi connectivity index (χ1v) is 12.8. The van der Waals surface area contributed by atoms with Gasteiger partial charge in [0.1, 0.15) is 12.7 Å². The number of esters is 1. The normalized spacial score (nSPS) is 14.2. The van der Waals surface area contributed by atoms with Crippen LogP contribution in [-0.4, -0.2) is 40.2 Å². The van der Waals surface area contributed by atoms with Crippen LogP contribution >= 0.6 is 7.82 Å². The molecule has 0 rings (SSSR count). The number of hydrogen-bond donors (Lipinski definition) is 3. The van der Waals surface area contributed by atoms with E-state index in [1.165, 1.54) is 0 Å². The average molecular weight is 483 g/mol. The first-order chi connectivity index (χ1) is 15.8. The van der Waals surface area contributed by atoms with E-state index in [0.717, 1.165) is 38.5 Å². The van der Waals surface area contributed by atoms with Gasteiger partial charge in [0.25, 0.3) is 0 Å². The van der Waals surface area contributed by atoms with E-state index in [-0.39, 0.29) is 13.0 Å². The van der Waals surface area contributed by atoms with E-state index in [1.807, 2.05) is 12.2 Å². The summed E-state index contributed by atoms with van der Waals surface area (Å²) >= 11 is 0. The lowest BCUT2D eigenvalue weighted by molar-refractivity contribution is -0.147. The summed E-state index contributed by atoms with van der Waals surface area (Å²) in [6.07, 6.45) is 30.4. The minimum absolute atomic E-state index is 0.161. The third-order valence-corrected chi connectivity index (χ3v) is 4.47. The second-order valence-electron chi connectivity index (χ2n) is 7.08. The van der Waals surface area contributed by atoms with Gasteiger partial charge in [-0.3, -0.25) is 9.32 Å². The topological polar surface area (TPSA) is 113 Å². The molecule has 186 valence electrons. The van der Waals surface area contributed by atoms with Crippen LogP contribution in [0.5, 0.6) is 0 Å². The van der Waals surface area contributed by atoms with Gasteiger partial charge in [-0.15, -0.1) is 0 Å². The lowest BCUT2D eigenvalue weighted by atomic mass is 10.2. The Balaban J connectivity index is 3.67. The van der Waals surface area contributed by atoms with E-state index in [0.29, 0.717) is 6.42 Å². The number of rotatable bonds is 19.